The number of anilines is 2. The second-order valence-corrected chi connectivity index (χ2v) is 8.17. The monoisotopic (exact) mass is 380 g/mol. The van der Waals surface area contributed by atoms with Crippen LogP contribution in [0.1, 0.15) is 49.0 Å². The molecule has 0 bridgehead atoms. The van der Waals surface area contributed by atoms with Crippen LogP contribution in [0.4, 0.5) is 11.5 Å². The number of carbonyl (C=O) groups is 1. The van der Waals surface area contributed by atoms with Crippen LogP contribution in [0.25, 0.3) is 0 Å². The summed E-state index contributed by atoms with van der Waals surface area (Å²) in [4.78, 5) is 21.4. The maximum absolute atomic E-state index is 12.8. The summed E-state index contributed by atoms with van der Waals surface area (Å²) < 4.78 is 5.84. The summed E-state index contributed by atoms with van der Waals surface area (Å²) >= 11 is 0. The van der Waals surface area contributed by atoms with Crippen LogP contribution < -0.4 is 15.4 Å². The van der Waals surface area contributed by atoms with Crippen molar-refractivity contribution in [1.29, 1.82) is 0 Å². The SMILES string of the molecule is CC(C)(N)c1ccc(N2CCOc3cc(C(=O)N4CCCCC4)cnc32)cc1. The van der Waals surface area contributed by atoms with E-state index in [-0.39, 0.29) is 11.4 Å². The quantitative estimate of drug-likeness (QED) is 0.883. The van der Waals surface area contributed by atoms with Gasteiger partial charge in [0.15, 0.2) is 11.6 Å². The van der Waals surface area contributed by atoms with Crippen LogP contribution in [0.2, 0.25) is 0 Å². The van der Waals surface area contributed by atoms with Crippen LogP contribution >= 0.6 is 0 Å². The van der Waals surface area contributed by atoms with Crippen molar-refractivity contribution < 1.29 is 9.53 Å². The Bertz CT molecular complexity index is 852. The maximum atomic E-state index is 12.8. The second kappa shape index (κ2) is 7.43. The summed E-state index contributed by atoms with van der Waals surface area (Å²) in [5, 5.41) is 0. The number of nitrogens with two attached hydrogens (primary N) is 1. The molecule has 0 aliphatic carbocycles. The third-order valence-electron chi connectivity index (χ3n) is 5.47. The van der Waals surface area contributed by atoms with Gasteiger partial charge in [0.1, 0.15) is 6.61 Å². The van der Waals surface area contributed by atoms with E-state index in [1.54, 1.807) is 6.20 Å². The lowest BCUT2D eigenvalue weighted by Gasteiger charge is -2.31. The highest BCUT2D eigenvalue weighted by Gasteiger charge is 2.25. The Morgan fingerprint density at radius 3 is 2.50 bits per heavy atom. The highest BCUT2D eigenvalue weighted by molar-refractivity contribution is 5.95. The first-order chi connectivity index (χ1) is 13.4. The molecule has 0 radical (unpaired) electrons. The number of fused-ring (bicyclic) bond motifs is 1. The van der Waals surface area contributed by atoms with Gasteiger partial charge in [-0.05, 0) is 56.9 Å². The number of benzene rings is 1. The molecule has 4 rings (SSSR count). The fourth-order valence-electron chi connectivity index (χ4n) is 3.82. The number of pyridine rings is 1. The Labute approximate surface area is 166 Å². The molecule has 2 aliphatic heterocycles. The molecule has 0 saturated carbocycles. The van der Waals surface area contributed by atoms with Crippen molar-refractivity contribution in [3.05, 3.63) is 47.7 Å². The molecule has 0 atom stereocenters. The minimum atomic E-state index is -0.372. The number of piperidine rings is 1. The summed E-state index contributed by atoms with van der Waals surface area (Å²) in [6.07, 6.45) is 5.02. The van der Waals surface area contributed by atoms with E-state index < -0.39 is 0 Å². The van der Waals surface area contributed by atoms with E-state index in [1.165, 1.54) is 6.42 Å². The van der Waals surface area contributed by atoms with Gasteiger partial charge in [0.25, 0.3) is 5.91 Å². The molecule has 0 spiro atoms. The van der Waals surface area contributed by atoms with Crippen molar-refractivity contribution in [3.8, 4) is 5.75 Å². The zero-order valence-electron chi connectivity index (χ0n) is 16.6. The third kappa shape index (κ3) is 3.69. The second-order valence-electron chi connectivity index (χ2n) is 8.17. The van der Waals surface area contributed by atoms with Crippen LogP contribution in [0.3, 0.4) is 0 Å². The van der Waals surface area contributed by atoms with Crippen molar-refractivity contribution in [2.24, 2.45) is 5.73 Å². The summed E-state index contributed by atoms with van der Waals surface area (Å²) in [7, 11) is 0. The number of rotatable bonds is 3. The Kier molecular flexibility index (Phi) is 4.98. The van der Waals surface area contributed by atoms with Crippen molar-refractivity contribution in [2.75, 3.05) is 31.1 Å². The zero-order valence-corrected chi connectivity index (χ0v) is 16.6. The van der Waals surface area contributed by atoms with E-state index >= 15 is 0 Å². The molecule has 0 unspecified atom stereocenters. The highest BCUT2D eigenvalue weighted by atomic mass is 16.5. The molecule has 2 N–H and O–H groups in total. The number of hydrogen-bond acceptors (Lipinski definition) is 5. The largest absolute Gasteiger partial charge is 0.488 e. The first-order valence-corrected chi connectivity index (χ1v) is 10.0. The fourth-order valence-corrected chi connectivity index (χ4v) is 3.82. The van der Waals surface area contributed by atoms with Gasteiger partial charge >= 0.3 is 0 Å². The molecule has 1 aromatic carbocycles. The average Bonchev–Trinajstić information content (AvgIpc) is 2.72. The van der Waals surface area contributed by atoms with Crippen molar-refractivity contribution in [3.63, 3.8) is 0 Å². The predicted octanol–water partition coefficient (Wildman–Crippen LogP) is 3.43. The first-order valence-electron chi connectivity index (χ1n) is 10.0. The van der Waals surface area contributed by atoms with E-state index in [9.17, 15) is 4.79 Å². The molecule has 148 valence electrons. The molecular formula is C22H28N4O2. The summed E-state index contributed by atoms with van der Waals surface area (Å²) in [6, 6.07) is 10.1. The molecule has 3 heterocycles. The summed E-state index contributed by atoms with van der Waals surface area (Å²) in [5.74, 6) is 1.46. The number of carbonyl (C=O) groups excluding carboxylic acids is 1. The van der Waals surface area contributed by atoms with E-state index in [0.717, 1.165) is 43.0 Å². The predicted molar refractivity (Wildman–Crippen MR) is 110 cm³/mol. The highest BCUT2D eigenvalue weighted by Crippen LogP contribution is 2.36. The number of hydrogen-bond donors (Lipinski definition) is 1. The van der Waals surface area contributed by atoms with E-state index in [4.69, 9.17) is 10.5 Å². The van der Waals surface area contributed by atoms with Crippen molar-refractivity contribution in [1.82, 2.24) is 9.88 Å². The van der Waals surface area contributed by atoms with Gasteiger partial charge < -0.3 is 20.3 Å². The van der Waals surface area contributed by atoms with Gasteiger partial charge in [0.2, 0.25) is 0 Å². The van der Waals surface area contributed by atoms with Gasteiger partial charge in [-0.2, -0.15) is 0 Å². The molecule has 1 saturated heterocycles. The Morgan fingerprint density at radius 2 is 1.82 bits per heavy atom. The fraction of sp³-hybridized carbons (Fsp3) is 0.455. The van der Waals surface area contributed by atoms with Crippen LogP contribution in [0, 0.1) is 0 Å². The van der Waals surface area contributed by atoms with Gasteiger partial charge in [-0.3, -0.25) is 4.79 Å². The molecular weight excluding hydrogens is 352 g/mol. The molecule has 28 heavy (non-hydrogen) atoms. The maximum Gasteiger partial charge on any atom is 0.255 e. The number of ether oxygens (including phenoxy) is 1. The lowest BCUT2D eigenvalue weighted by atomic mass is 9.95. The third-order valence-corrected chi connectivity index (χ3v) is 5.47. The lowest BCUT2D eigenvalue weighted by molar-refractivity contribution is 0.0723. The van der Waals surface area contributed by atoms with E-state index in [1.807, 2.05) is 24.8 Å². The van der Waals surface area contributed by atoms with E-state index in [0.29, 0.717) is 24.5 Å². The molecule has 6 heteroatoms. The topological polar surface area (TPSA) is 71.7 Å². The number of amides is 1. The van der Waals surface area contributed by atoms with Crippen LogP contribution in [0.5, 0.6) is 5.75 Å². The smallest absolute Gasteiger partial charge is 0.255 e. The number of nitrogens with zero attached hydrogens (tertiary/aromatic N) is 3. The van der Waals surface area contributed by atoms with Gasteiger partial charge in [0, 0.05) is 30.5 Å². The first kappa shape index (κ1) is 18.7. The molecule has 1 aromatic heterocycles. The Morgan fingerprint density at radius 1 is 1.11 bits per heavy atom. The molecule has 2 aromatic rings. The molecule has 1 fully saturated rings. The minimum absolute atomic E-state index is 0.0465. The summed E-state index contributed by atoms with van der Waals surface area (Å²) in [5.41, 5.74) is 8.54. The minimum Gasteiger partial charge on any atom is -0.488 e. The van der Waals surface area contributed by atoms with Crippen LogP contribution in [0.15, 0.2) is 36.5 Å². The number of aromatic nitrogens is 1. The summed E-state index contributed by atoms with van der Waals surface area (Å²) in [6.45, 7) is 6.91. The standard InChI is InChI=1S/C22H28N4O2/c1-22(2,23)17-6-8-18(9-7-17)26-12-13-28-19-14-16(15-24-20(19)26)21(27)25-10-4-3-5-11-25/h6-9,14-15H,3-5,10-13,23H2,1-2H3. The zero-order chi connectivity index (χ0) is 19.7. The Hall–Kier alpha value is -2.60. The number of likely N-dealkylation sites (tertiary alicyclic amines) is 1. The average molecular weight is 380 g/mol. The van der Waals surface area contributed by atoms with Crippen LogP contribution in [-0.4, -0.2) is 42.0 Å². The van der Waals surface area contributed by atoms with Crippen molar-refractivity contribution >= 4 is 17.4 Å². The Balaban J connectivity index is 1.59. The normalized spacial score (nSPS) is 17.1. The lowest BCUT2D eigenvalue weighted by Crippen LogP contribution is -2.36. The van der Waals surface area contributed by atoms with Crippen molar-refractivity contribution in [2.45, 2.75) is 38.6 Å². The molecule has 1 amide bonds. The van der Waals surface area contributed by atoms with Gasteiger partial charge in [-0.1, -0.05) is 12.1 Å². The van der Waals surface area contributed by atoms with Gasteiger partial charge in [0.05, 0.1) is 12.1 Å². The molecule has 6 nitrogen and oxygen atoms in total. The van der Waals surface area contributed by atoms with E-state index in [2.05, 4.69) is 34.1 Å². The van der Waals surface area contributed by atoms with Crippen LogP contribution in [-0.2, 0) is 5.54 Å². The van der Waals surface area contributed by atoms with Gasteiger partial charge in [-0.15, -0.1) is 0 Å². The molecule has 2 aliphatic rings. The van der Waals surface area contributed by atoms with Gasteiger partial charge in [-0.25, -0.2) is 4.98 Å².